The molecule has 0 saturated carbocycles. The molecule has 0 radical (unpaired) electrons. The van der Waals surface area contributed by atoms with Gasteiger partial charge in [-0.15, -0.1) is 0 Å². The predicted molar refractivity (Wildman–Crippen MR) is 126 cm³/mol. The number of carbonyl (C=O) groups is 1. The van der Waals surface area contributed by atoms with Crippen molar-refractivity contribution in [1.82, 2.24) is 14.8 Å². The molecule has 2 N–H and O–H groups in total. The Kier molecular flexibility index (Phi) is 5.26. The molecule has 1 saturated heterocycles. The van der Waals surface area contributed by atoms with Crippen LogP contribution in [0.15, 0.2) is 66.7 Å². The third-order valence-corrected chi connectivity index (χ3v) is 6.15. The number of amides is 1. The normalized spacial score (nSPS) is 14.6. The minimum absolute atomic E-state index is 0.0801. The van der Waals surface area contributed by atoms with E-state index in [2.05, 4.69) is 52.3 Å². The molecule has 5 nitrogen and oxygen atoms in total. The Morgan fingerprint density at radius 1 is 0.968 bits per heavy atom. The first-order valence-electron chi connectivity index (χ1n) is 10.8. The Labute approximate surface area is 181 Å². The number of fused-ring (bicyclic) bond motifs is 2. The maximum absolute atomic E-state index is 13.6. The van der Waals surface area contributed by atoms with E-state index in [0.29, 0.717) is 12.2 Å². The standard InChI is InChI=1S/C26H26N4O/c27-17-19-9-10-21-16-25(26(31)29-13-4-11-28-12-14-29)30(24(21)15-19)18-22-7-3-6-20-5-1-2-8-23(20)22/h1-3,5-10,15-17,27-28H,4,11-14,18H2. The highest BCUT2D eigenvalue weighted by molar-refractivity contribution is 6.00. The second-order valence-electron chi connectivity index (χ2n) is 8.11. The lowest BCUT2D eigenvalue weighted by Gasteiger charge is -2.21. The molecule has 5 rings (SSSR count). The summed E-state index contributed by atoms with van der Waals surface area (Å²) in [6, 6.07) is 22.7. The van der Waals surface area contributed by atoms with Crippen molar-refractivity contribution < 1.29 is 4.79 Å². The predicted octanol–water partition coefficient (Wildman–Crippen LogP) is 4.28. The van der Waals surface area contributed by atoms with Gasteiger partial charge in [0.25, 0.3) is 5.91 Å². The highest BCUT2D eigenvalue weighted by Crippen LogP contribution is 2.26. The molecule has 0 spiro atoms. The van der Waals surface area contributed by atoms with Gasteiger partial charge < -0.3 is 20.2 Å². The van der Waals surface area contributed by atoms with Crippen LogP contribution in [-0.4, -0.2) is 47.8 Å². The van der Waals surface area contributed by atoms with Crippen LogP contribution < -0.4 is 5.32 Å². The van der Waals surface area contributed by atoms with E-state index in [1.165, 1.54) is 22.6 Å². The first-order chi connectivity index (χ1) is 15.2. The van der Waals surface area contributed by atoms with Crippen LogP contribution in [0.3, 0.4) is 0 Å². The number of nitrogens with zero attached hydrogens (tertiary/aromatic N) is 2. The molecule has 4 aromatic rings. The first kappa shape index (κ1) is 19.5. The molecule has 0 atom stereocenters. The molecule has 1 aromatic heterocycles. The summed E-state index contributed by atoms with van der Waals surface area (Å²) >= 11 is 0. The van der Waals surface area contributed by atoms with E-state index in [0.717, 1.165) is 49.1 Å². The van der Waals surface area contributed by atoms with Crippen molar-refractivity contribution in [1.29, 1.82) is 5.41 Å². The van der Waals surface area contributed by atoms with Crippen LogP contribution in [0.1, 0.15) is 28.0 Å². The molecule has 2 heterocycles. The molecule has 31 heavy (non-hydrogen) atoms. The molecular formula is C26H26N4O. The second kappa shape index (κ2) is 8.36. The number of aromatic nitrogens is 1. The number of carbonyl (C=O) groups excluding carboxylic acids is 1. The minimum atomic E-state index is 0.0801. The molecule has 156 valence electrons. The summed E-state index contributed by atoms with van der Waals surface area (Å²) in [5.41, 5.74) is 3.72. The van der Waals surface area contributed by atoms with E-state index in [1.807, 2.05) is 29.2 Å². The van der Waals surface area contributed by atoms with E-state index in [1.54, 1.807) is 0 Å². The van der Waals surface area contributed by atoms with Crippen LogP contribution in [-0.2, 0) is 6.54 Å². The van der Waals surface area contributed by atoms with Crippen molar-refractivity contribution in [3.8, 4) is 0 Å². The second-order valence-corrected chi connectivity index (χ2v) is 8.11. The van der Waals surface area contributed by atoms with Gasteiger partial charge in [-0.3, -0.25) is 4.79 Å². The SMILES string of the molecule is N=Cc1ccc2cc(C(=O)N3CCCNCC3)n(Cc3cccc4ccccc34)c2c1. The average Bonchev–Trinajstić information content (AvgIpc) is 2.97. The van der Waals surface area contributed by atoms with Gasteiger partial charge in [-0.1, -0.05) is 54.6 Å². The third-order valence-electron chi connectivity index (χ3n) is 6.15. The van der Waals surface area contributed by atoms with Crippen LogP contribution >= 0.6 is 0 Å². The molecule has 0 unspecified atom stereocenters. The monoisotopic (exact) mass is 410 g/mol. The van der Waals surface area contributed by atoms with Crippen LogP contribution in [0.2, 0.25) is 0 Å². The Bertz CT molecular complexity index is 1260. The third kappa shape index (κ3) is 3.73. The Morgan fingerprint density at radius 2 is 1.84 bits per heavy atom. The van der Waals surface area contributed by atoms with Gasteiger partial charge in [0.05, 0.1) is 0 Å². The molecule has 5 heteroatoms. The van der Waals surface area contributed by atoms with Crippen molar-refractivity contribution in [2.24, 2.45) is 0 Å². The van der Waals surface area contributed by atoms with Crippen molar-refractivity contribution in [2.45, 2.75) is 13.0 Å². The molecule has 0 aliphatic carbocycles. The van der Waals surface area contributed by atoms with E-state index < -0.39 is 0 Å². The lowest BCUT2D eigenvalue weighted by molar-refractivity contribution is 0.0756. The first-order valence-corrected chi connectivity index (χ1v) is 10.8. The molecule has 3 aromatic carbocycles. The van der Waals surface area contributed by atoms with E-state index >= 15 is 0 Å². The van der Waals surface area contributed by atoms with E-state index in [4.69, 9.17) is 5.41 Å². The summed E-state index contributed by atoms with van der Waals surface area (Å²) in [5, 5.41) is 14.5. The van der Waals surface area contributed by atoms with Crippen LogP contribution in [0, 0.1) is 5.41 Å². The van der Waals surface area contributed by atoms with E-state index in [-0.39, 0.29) is 5.91 Å². The Morgan fingerprint density at radius 3 is 2.74 bits per heavy atom. The summed E-state index contributed by atoms with van der Waals surface area (Å²) in [6.45, 7) is 3.88. The lowest BCUT2D eigenvalue weighted by atomic mass is 10.0. The zero-order chi connectivity index (χ0) is 21.2. The van der Waals surface area contributed by atoms with Crippen molar-refractivity contribution in [3.63, 3.8) is 0 Å². The van der Waals surface area contributed by atoms with Gasteiger partial charge in [0.15, 0.2) is 0 Å². The summed E-state index contributed by atoms with van der Waals surface area (Å²) in [5.74, 6) is 0.0801. The van der Waals surface area contributed by atoms with Crippen molar-refractivity contribution in [3.05, 3.63) is 83.6 Å². The van der Waals surface area contributed by atoms with Gasteiger partial charge in [0, 0.05) is 43.3 Å². The lowest BCUT2D eigenvalue weighted by Crippen LogP contribution is -2.35. The number of hydrogen-bond donors (Lipinski definition) is 2. The molecule has 0 bridgehead atoms. The van der Waals surface area contributed by atoms with Gasteiger partial charge in [-0.25, -0.2) is 0 Å². The van der Waals surface area contributed by atoms with Crippen LogP contribution in [0.25, 0.3) is 21.7 Å². The summed E-state index contributed by atoms with van der Waals surface area (Å²) in [7, 11) is 0. The van der Waals surface area contributed by atoms with Crippen LogP contribution in [0.4, 0.5) is 0 Å². The van der Waals surface area contributed by atoms with Gasteiger partial charge >= 0.3 is 0 Å². The number of hydrogen-bond acceptors (Lipinski definition) is 3. The topological polar surface area (TPSA) is 61.1 Å². The number of benzene rings is 3. The highest BCUT2D eigenvalue weighted by atomic mass is 16.2. The molecule has 1 aliphatic heterocycles. The van der Waals surface area contributed by atoms with Gasteiger partial charge in [-0.05, 0) is 47.0 Å². The molecule has 1 fully saturated rings. The number of nitrogens with one attached hydrogen (secondary N) is 2. The average molecular weight is 411 g/mol. The van der Waals surface area contributed by atoms with Gasteiger partial charge in [0.2, 0.25) is 0 Å². The van der Waals surface area contributed by atoms with Gasteiger partial charge in [-0.2, -0.15) is 0 Å². The molecule has 1 amide bonds. The quantitative estimate of drug-likeness (QED) is 0.494. The molecule has 1 aliphatic rings. The van der Waals surface area contributed by atoms with Crippen molar-refractivity contribution in [2.75, 3.05) is 26.2 Å². The zero-order valence-corrected chi connectivity index (χ0v) is 17.5. The smallest absolute Gasteiger partial charge is 0.270 e. The Hall–Kier alpha value is -3.44. The van der Waals surface area contributed by atoms with Crippen molar-refractivity contribution >= 4 is 33.8 Å². The summed E-state index contributed by atoms with van der Waals surface area (Å²) < 4.78 is 2.13. The zero-order valence-electron chi connectivity index (χ0n) is 17.5. The molecular weight excluding hydrogens is 384 g/mol. The fourth-order valence-electron chi connectivity index (χ4n) is 4.52. The number of rotatable bonds is 4. The van der Waals surface area contributed by atoms with Crippen LogP contribution in [0.5, 0.6) is 0 Å². The van der Waals surface area contributed by atoms with E-state index in [9.17, 15) is 4.79 Å². The summed E-state index contributed by atoms with van der Waals surface area (Å²) in [4.78, 5) is 15.5. The minimum Gasteiger partial charge on any atom is -0.336 e. The maximum atomic E-state index is 13.6. The van der Waals surface area contributed by atoms with Gasteiger partial charge in [0.1, 0.15) is 5.69 Å². The highest BCUT2D eigenvalue weighted by Gasteiger charge is 2.22. The summed E-state index contributed by atoms with van der Waals surface area (Å²) in [6.07, 6.45) is 2.32. The maximum Gasteiger partial charge on any atom is 0.270 e. The fourth-order valence-corrected chi connectivity index (χ4v) is 4.52. The largest absolute Gasteiger partial charge is 0.336 e. The fraction of sp³-hybridized carbons (Fsp3) is 0.231. The Balaban J connectivity index is 1.64.